The van der Waals surface area contributed by atoms with Crippen molar-refractivity contribution in [3.05, 3.63) is 53.6 Å². The fraction of sp³-hybridized carbons (Fsp3) is 0.158. The largest absolute Gasteiger partial charge is 0.300 e. The lowest BCUT2D eigenvalue weighted by Crippen LogP contribution is -2.45. The van der Waals surface area contributed by atoms with Gasteiger partial charge in [0.1, 0.15) is 6.04 Å². The van der Waals surface area contributed by atoms with Gasteiger partial charge in [-0.3, -0.25) is 19.3 Å². The van der Waals surface area contributed by atoms with Crippen molar-refractivity contribution in [1.29, 1.82) is 0 Å². The quantitative estimate of drug-likeness (QED) is 0.723. The number of nitrogens with zero attached hydrogens (tertiary/aromatic N) is 2. The number of carbonyl (C=O) groups excluding carboxylic acids is 3. The summed E-state index contributed by atoms with van der Waals surface area (Å²) in [6, 6.07) is 11.9. The number of Topliss-reactive ketones (excluding diaryl/α,β-unsaturated/α-hetero) is 1. The van der Waals surface area contributed by atoms with E-state index in [0.717, 1.165) is 15.8 Å². The zero-order chi connectivity index (χ0) is 18.4. The summed E-state index contributed by atoms with van der Waals surface area (Å²) in [5.41, 5.74) is 2.50. The SMILES string of the molecule is Cc1ccc2c(c1)C(=O)C(=O)N2C(C)C(=O)Nc1nc2ccccc2s1. The number of benzene rings is 2. The van der Waals surface area contributed by atoms with Crippen molar-refractivity contribution in [2.24, 2.45) is 0 Å². The number of para-hydroxylation sites is 1. The lowest BCUT2D eigenvalue weighted by Gasteiger charge is -2.23. The number of amides is 2. The van der Waals surface area contributed by atoms with E-state index in [0.29, 0.717) is 16.4 Å². The molecule has 0 saturated heterocycles. The fourth-order valence-electron chi connectivity index (χ4n) is 3.01. The van der Waals surface area contributed by atoms with E-state index in [1.807, 2.05) is 37.3 Å². The number of fused-ring (bicyclic) bond motifs is 2. The van der Waals surface area contributed by atoms with E-state index >= 15 is 0 Å². The maximum atomic E-state index is 12.7. The Balaban J connectivity index is 1.61. The highest BCUT2D eigenvalue weighted by molar-refractivity contribution is 7.22. The molecule has 2 amide bonds. The Bertz CT molecular complexity index is 1040. The van der Waals surface area contributed by atoms with E-state index in [-0.39, 0.29) is 0 Å². The molecular weight excluding hydrogens is 350 g/mol. The van der Waals surface area contributed by atoms with Gasteiger partial charge in [-0.1, -0.05) is 35.1 Å². The van der Waals surface area contributed by atoms with Gasteiger partial charge in [0.25, 0.3) is 11.7 Å². The van der Waals surface area contributed by atoms with Crippen molar-refractivity contribution < 1.29 is 14.4 Å². The van der Waals surface area contributed by atoms with Crippen LogP contribution < -0.4 is 10.2 Å². The first-order valence-electron chi connectivity index (χ1n) is 8.10. The third-order valence-electron chi connectivity index (χ3n) is 4.36. The number of hydrogen-bond donors (Lipinski definition) is 1. The van der Waals surface area contributed by atoms with E-state index in [2.05, 4.69) is 10.3 Å². The van der Waals surface area contributed by atoms with Crippen molar-refractivity contribution in [1.82, 2.24) is 4.98 Å². The lowest BCUT2D eigenvalue weighted by molar-refractivity contribution is -0.120. The number of anilines is 2. The summed E-state index contributed by atoms with van der Waals surface area (Å²) in [5.74, 6) is -1.65. The molecule has 2 heterocycles. The third kappa shape index (κ3) is 2.57. The lowest BCUT2D eigenvalue weighted by atomic mass is 10.1. The second kappa shape index (κ2) is 6.03. The molecule has 4 rings (SSSR count). The van der Waals surface area contributed by atoms with Gasteiger partial charge in [0.15, 0.2) is 5.13 Å². The van der Waals surface area contributed by atoms with Gasteiger partial charge in [-0.25, -0.2) is 4.98 Å². The van der Waals surface area contributed by atoms with E-state index < -0.39 is 23.6 Å². The number of hydrogen-bond acceptors (Lipinski definition) is 5. The van der Waals surface area contributed by atoms with Gasteiger partial charge >= 0.3 is 0 Å². The number of thiazole rings is 1. The number of rotatable bonds is 3. The molecule has 2 aromatic carbocycles. The molecule has 1 aliphatic rings. The van der Waals surface area contributed by atoms with Gasteiger partial charge in [0.2, 0.25) is 5.91 Å². The Morgan fingerprint density at radius 1 is 1.19 bits per heavy atom. The predicted octanol–water partition coefficient (Wildman–Crippen LogP) is 3.16. The molecule has 3 aromatic rings. The molecule has 1 N–H and O–H groups in total. The Morgan fingerprint density at radius 3 is 2.73 bits per heavy atom. The molecule has 0 spiro atoms. The molecule has 0 fully saturated rings. The summed E-state index contributed by atoms with van der Waals surface area (Å²) in [6.07, 6.45) is 0. The van der Waals surface area contributed by atoms with Crippen LogP contribution in [0.2, 0.25) is 0 Å². The first-order chi connectivity index (χ1) is 12.5. The molecule has 0 radical (unpaired) electrons. The number of aryl methyl sites for hydroxylation is 1. The Kier molecular flexibility index (Phi) is 3.81. The molecular formula is C19H15N3O3S. The van der Waals surface area contributed by atoms with Crippen LogP contribution in [0.5, 0.6) is 0 Å². The van der Waals surface area contributed by atoms with Crippen LogP contribution in [0.1, 0.15) is 22.8 Å². The molecule has 0 bridgehead atoms. The second-order valence-electron chi connectivity index (χ2n) is 6.18. The first kappa shape index (κ1) is 16.4. The monoisotopic (exact) mass is 365 g/mol. The van der Waals surface area contributed by atoms with Crippen LogP contribution in [0.25, 0.3) is 10.2 Å². The van der Waals surface area contributed by atoms with Crippen LogP contribution in [-0.2, 0) is 9.59 Å². The average Bonchev–Trinajstić information content (AvgIpc) is 3.13. The van der Waals surface area contributed by atoms with Crippen LogP contribution in [0.4, 0.5) is 10.8 Å². The van der Waals surface area contributed by atoms with Crippen LogP contribution in [0.15, 0.2) is 42.5 Å². The highest BCUT2D eigenvalue weighted by atomic mass is 32.1. The van der Waals surface area contributed by atoms with Crippen LogP contribution in [0.3, 0.4) is 0 Å². The van der Waals surface area contributed by atoms with Crippen LogP contribution >= 0.6 is 11.3 Å². The van der Waals surface area contributed by atoms with E-state index in [9.17, 15) is 14.4 Å². The van der Waals surface area contributed by atoms with Crippen LogP contribution in [-0.4, -0.2) is 28.6 Å². The highest BCUT2D eigenvalue weighted by Crippen LogP contribution is 2.32. The second-order valence-corrected chi connectivity index (χ2v) is 7.21. The fourth-order valence-corrected chi connectivity index (χ4v) is 3.88. The van der Waals surface area contributed by atoms with Crippen molar-refractivity contribution in [2.75, 3.05) is 10.2 Å². The molecule has 130 valence electrons. The topological polar surface area (TPSA) is 79.4 Å². The maximum Gasteiger partial charge on any atom is 0.300 e. The minimum absolute atomic E-state index is 0.342. The Morgan fingerprint density at radius 2 is 1.96 bits per heavy atom. The molecule has 0 saturated carbocycles. The summed E-state index contributed by atoms with van der Waals surface area (Å²) in [4.78, 5) is 42.9. The molecule has 1 unspecified atom stereocenters. The zero-order valence-corrected chi connectivity index (χ0v) is 15.0. The van der Waals surface area contributed by atoms with Crippen LogP contribution in [0, 0.1) is 6.92 Å². The Hall–Kier alpha value is -3.06. The predicted molar refractivity (Wildman–Crippen MR) is 101 cm³/mol. The molecule has 7 heteroatoms. The van der Waals surface area contributed by atoms with Crippen molar-refractivity contribution in [2.45, 2.75) is 19.9 Å². The zero-order valence-electron chi connectivity index (χ0n) is 14.1. The van der Waals surface area contributed by atoms with Crippen molar-refractivity contribution >= 4 is 50.0 Å². The van der Waals surface area contributed by atoms with Crippen molar-refractivity contribution in [3.63, 3.8) is 0 Å². The number of nitrogens with one attached hydrogen (secondary N) is 1. The Labute approximate surface area is 153 Å². The minimum Gasteiger partial charge on any atom is -0.300 e. The maximum absolute atomic E-state index is 12.7. The smallest absolute Gasteiger partial charge is 0.300 e. The van der Waals surface area contributed by atoms with E-state index in [4.69, 9.17) is 0 Å². The van der Waals surface area contributed by atoms with Crippen molar-refractivity contribution in [3.8, 4) is 0 Å². The van der Waals surface area contributed by atoms with Gasteiger partial charge < -0.3 is 5.32 Å². The normalized spacial score (nSPS) is 14.6. The number of aromatic nitrogens is 1. The van der Waals surface area contributed by atoms with Gasteiger partial charge in [-0.2, -0.15) is 0 Å². The highest BCUT2D eigenvalue weighted by Gasteiger charge is 2.40. The average molecular weight is 365 g/mol. The molecule has 1 aliphatic heterocycles. The summed E-state index contributed by atoms with van der Waals surface area (Å²) < 4.78 is 0.962. The molecule has 26 heavy (non-hydrogen) atoms. The standard InChI is InChI=1S/C19H15N3O3S/c1-10-7-8-14-12(9-10)16(23)18(25)22(14)11(2)17(24)21-19-20-13-5-3-4-6-15(13)26-19/h3-9,11H,1-2H3,(H,20,21,24). The summed E-state index contributed by atoms with van der Waals surface area (Å²) >= 11 is 1.36. The number of carbonyl (C=O) groups is 3. The van der Waals surface area contributed by atoms with Gasteiger partial charge in [0.05, 0.1) is 21.5 Å². The van der Waals surface area contributed by atoms with E-state index in [1.165, 1.54) is 16.2 Å². The molecule has 0 aliphatic carbocycles. The molecule has 6 nitrogen and oxygen atoms in total. The molecule has 1 aromatic heterocycles. The molecule has 1 atom stereocenters. The summed E-state index contributed by atoms with van der Waals surface area (Å²) in [7, 11) is 0. The van der Waals surface area contributed by atoms with Gasteiger partial charge in [0, 0.05) is 0 Å². The summed E-state index contributed by atoms with van der Waals surface area (Å²) in [6.45, 7) is 3.45. The minimum atomic E-state index is -0.831. The third-order valence-corrected chi connectivity index (χ3v) is 5.31. The van der Waals surface area contributed by atoms with E-state index in [1.54, 1.807) is 19.1 Å². The number of ketones is 1. The van der Waals surface area contributed by atoms with Gasteiger partial charge in [-0.15, -0.1) is 0 Å². The van der Waals surface area contributed by atoms with Gasteiger partial charge in [-0.05, 0) is 38.1 Å². The first-order valence-corrected chi connectivity index (χ1v) is 8.92. The summed E-state index contributed by atoms with van der Waals surface area (Å²) in [5, 5.41) is 3.21.